The van der Waals surface area contributed by atoms with Crippen molar-refractivity contribution in [1.82, 2.24) is 15.5 Å². The average Bonchev–Trinajstić information content (AvgIpc) is 3.20. The van der Waals surface area contributed by atoms with E-state index in [1.165, 1.54) is 5.56 Å². The molecule has 1 aliphatic carbocycles. The summed E-state index contributed by atoms with van der Waals surface area (Å²) in [6.45, 7) is 6.62. The number of nitrogens with one attached hydrogen (secondary N) is 2. The Balaban J connectivity index is 1.86. The van der Waals surface area contributed by atoms with Gasteiger partial charge >= 0.3 is 6.03 Å². The van der Waals surface area contributed by atoms with Gasteiger partial charge in [-0.3, -0.25) is 15.0 Å². The normalized spacial score (nSPS) is 14.7. The van der Waals surface area contributed by atoms with E-state index in [1.54, 1.807) is 0 Å². The minimum Gasteiger partial charge on any atom is -0.333 e. The van der Waals surface area contributed by atoms with E-state index in [0.717, 1.165) is 19.4 Å². The van der Waals surface area contributed by atoms with E-state index in [2.05, 4.69) is 27.7 Å². The molecule has 0 bridgehead atoms. The van der Waals surface area contributed by atoms with Gasteiger partial charge in [0.15, 0.2) is 0 Å². The molecule has 0 aliphatic heterocycles. The second-order valence-electron chi connectivity index (χ2n) is 6.87. The Hall–Kier alpha value is -1.88. The molecule has 0 unspecified atom stereocenters. The standard InChI is InChI=1S/C17H25N3O2/c1-17(2,3)19-16(22)18-15(21)12-20(14-9-10-14)11-13-7-5-4-6-8-13/h4-8,14H,9-12H2,1-3H3,(H2,18,19,21,22). The Bertz CT molecular complexity index is 518. The van der Waals surface area contributed by atoms with Gasteiger partial charge in [0.05, 0.1) is 6.54 Å². The van der Waals surface area contributed by atoms with Gasteiger partial charge in [0.2, 0.25) is 5.91 Å². The maximum absolute atomic E-state index is 12.1. The number of urea groups is 1. The van der Waals surface area contributed by atoms with Gasteiger partial charge in [0.25, 0.3) is 0 Å². The second-order valence-corrected chi connectivity index (χ2v) is 6.87. The average molecular weight is 303 g/mol. The summed E-state index contributed by atoms with van der Waals surface area (Å²) < 4.78 is 0. The molecule has 2 N–H and O–H groups in total. The van der Waals surface area contributed by atoms with Crippen molar-refractivity contribution in [3.8, 4) is 0 Å². The molecule has 0 radical (unpaired) electrons. The molecule has 3 amide bonds. The Morgan fingerprint density at radius 2 is 1.82 bits per heavy atom. The third kappa shape index (κ3) is 5.85. The summed E-state index contributed by atoms with van der Waals surface area (Å²) in [6.07, 6.45) is 2.24. The Morgan fingerprint density at radius 3 is 2.36 bits per heavy atom. The van der Waals surface area contributed by atoms with E-state index >= 15 is 0 Å². The molecule has 1 aromatic carbocycles. The van der Waals surface area contributed by atoms with E-state index < -0.39 is 6.03 Å². The quantitative estimate of drug-likeness (QED) is 0.877. The molecule has 1 aliphatic rings. The minimum atomic E-state index is -0.437. The van der Waals surface area contributed by atoms with E-state index in [9.17, 15) is 9.59 Å². The molecule has 0 aromatic heterocycles. The fourth-order valence-electron chi connectivity index (χ4n) is 2.29. The Kier molecular flexibility index (Phi) is 5.19. The molecule has 0 heterocycles. The fourth-order valence-corrected chi connectivity index (χ4v) is 2.29. The predicted octanol–water partition coefficient (Wildman–Crippen LogP) is 2.28. The first-order valence-corrected chi connectivity index (χ1v) is 7.73. The highest BCUT2D eigenvalue weighted by atomic mass is 16.2. The monoisotopic (exact) mass is 303 g/mol. The van der Waals surface area contributed by atoms with Crippen LogP contribution in [-0.4, -0.2) is 35.0 Å². The summed E-state index contributed by atoms with van der Waals surface area (Å²) in [5.74, 6) is -0.260. The Labute approximate surface area is 132 Å². The van der Waals surface area contributed by atoms with Gasteiger partial charge in [-0.15, -0.1) is 0 Å². The smallest absolute Gasteiger partial charge is 0.321 e. The van der Waals surface area contributed by atoms with Crippen molar-refractivity contribution in [3.63, 3.8) is 0 Å². The zero-order valence-corrected chi connectivity index (χ0v) is 13.6. The number of hydrogen-bond acceptors (Lipinski definition) is 3. The van der Waals surface area contributed by atoms with Crippen LogP contribution in [0.2, 0.25) is 0 Å². The van der Waals surface area contributed by atoms with Crippen LogP contribution in [0, 0.1) is 0 Å². The predicted molar refractivity (Wildman–Crippen MR) is 86.3 cm³/mol. The summed E-state index contributed by atoms with van der Waals surface area (Å²) >= 11 is 0. The van der Waals surface area contributed by atoms with Crippen molar-refractivity contribution in [2.75, 3.05) is 6.54 Å². The maximum Gasteiger partial charge on any atom is 0.321 e. The van der Waals surface area contributed by atoms with Crippen LogP contribution in [0.4, 0.5) is 4.79 Å². The van der Waals surface area contributed by atoms with Crippen LogP contribution in [0.3, 0.4) is 0 Å². The molecule has 5 heteroatoms. The molecule has 1 aromatic rings. The van der Waals surface area contributed by atoms with Gasteiger partial charge in [-0.1, -0.05) is 30.3 Å². The summed E-state index contributed by atoms with van der Waals surface area (Å²) in [5, 5.41) is 5.13. The largest absolute Gasteiger partial charge is 0.333 e. The van der Waals surface area contributed by atoms with Crippen molar-refractivity contribution < 1.29 is 9.59 Å². The molecule has 0 atom stereocenters. The zero-order valence-electron chi connectivity index (χ0n) is 13.6. The lowest BCUT2D eigenvalue weighted by Crippen LogP contribution is -2.50. The number of carbonyl (C=O) groups excluding carboxylic acids is 2. The third-order valence-electron chi connectivity index (χ3n) is 3.38. The Morgan fingerprint density at radius 1 is 1.18 bits per heavy atom. The number of carbonyl (C=O) groups is 2. The van der Waals surface area contributed by atoms with Crippen molar-refractivity contribution in [1.29, 1.82) is 0 Å². The molecular formula is C17H25N3O2. The number of rotatable bonds is 5. The van der Waals surface area contributed by atoms with Gasteiger partial charge in [-0.2, -0.15) is 0 Å². The summed E-state index contributed by atoms with van der Waals surface area (Å²) in [4.78, 5) is 25.9. The second kappa shape index (κ2) is 6.92. The molecule has 0 saturated heterocycles. The zero-order chi connectivity index (χ0) is 16.2. The van der Waals surface area contributed by atoms with E-state index in [-0.39, 0.29) is 18.0 Å². The highest BCUT2D eigenvalue weighted by Crippen LogP contribution is 2.27. The van der Waals surface area contributed by atoms with Gasteiger partial charge in [0.1, 0.15) is 0 Å². The van der Waals surface area contributed by atoms with Crippen LogP contribution in [0.25, 0.3) is 0 Å². The van der Waals surface area contributed by atoms with Gasteiger partial charge in [0, 0.05) is 18.1 Å². The lowest BCUT2D eigenvalue weighted by atomic mass is 10.1. The first-order valence-electron chi connectivity index (χ1n) is 7.73. The number of nitrogens with zero attached hydrogens (tertiary/aromatic N) is 1. The number of imide groups is 1. The van der Waals surface area contributed by atoms with Crippen molar-refractivity contribution in [2.45, 2.75) is 51.7 Å². The van der Waals surface area contributed by atoms with E-state index in [0.29, 0.717) is 6.04 Å². The highest BCUT2D eigenvalue weighted by molar-refractivity contribution is 5.95. The number of benzene rings is 1. The first-order chi connectivity index (χ1) is 10.3. The molecule has 1 saturated carbocycles. The van der Waals surface area contributed by atoms with Crippen LogP contribution in [0.15, 0.2) is 30.3 Å². The lowest BCUT2D eigenvalue weighted by Gasteiger charge is -2.23. The summed E-state index contributed by atoms with van der Waals surface area (Å²) in [5.41, 5.74) is 0.825. The molecule has 2 rings (SSSR count). The van der Waals surface area contributed by atoms with E-state index in [4.69, 9.17) is 0 Å². The van der Waals surface area contributed by atoms with Crippen LogP contribution < -0.4 is 10.6 Å². The van der Waals surface area contributed by atoms with Crippen molar-refractivity contribution in [3.05, 3.63) is 35.9 Å². The SMILES string of the molecule is CC(C)(C)NC(=O)NC(=O)CN(Cc1ccccc1)C1CC1. The van der Waals surface area contributed by atoms with Crippen molar-refractivity contribution >= 4 is 11.9 Å². The van der Waals surface area contributed by atoms with Crippen molar-refractivity contribution in [2.24, 2.45) is 0 Å². The van der Waals surface area contributed by atoms with Gasteiger partial charge in [-0.25, -0.2) is 4.79 Å². The van der Waals surface area contributed by atoms with Gasteiger partial charge < -0.3 is 5.32 Å². The molecule has 1 fully saturated rings. The van der Waals surface area contributed by atoms with Crippen LogP contribution >= 0.6 is 0 Å². The molecule has 120 valence electrons. The minimum absolute atomic E-state index is 0.247. The molecule has 22 heavy (non-hydrogen) atoms. The lowest BCUT2D eigenvalue weighted by molar-refractivity contribution is -0.121. The van der Waals surface area contributed by atoms with Crippen LogP contribution in [0.5, 0.6) is 0 Å². The molecule has 0 spiro atoms. The number of hydrogen-bond donors (Lipinski definition) is 2. The molecular weight excluding hydrogens is 278 g/mol. The third-order valence-corrected chi connectivity index (χ3v) is 3.38. The number of amides is 3. The molecule has 5 nitrogen and oxygen atoms in total. The van der Waals surface area contributed by atoms with Gasteiger partial charge in [-0.05, 0) is 39.2 Å². The maximum atomic E-state index is 12.1. The first kappa shape index (κ1) is 16.5. The van der Waals surface area contributed by atoms with E-state index in [1.807, 2.05) is 39.0 Å². The topological polar surface area (TPSA) is 61.4 Å². The van der Waals surface area contributed by atoms with Crippen LogP contribution in [0.1, 0.15) is 39.2 Å². The fraction of sp³-hybridized carbons (Fsp3) is 0.529. The van der Waals surface area contributed by atoms with Crippen LogP contribution in [-0.2, 0) is 11.3 Å². The summed E-state index contributed by atoms with van der Waals surface area (Å²) in [6, 6.07) is 10.1. The highest BCUT2D eigenvalue weighted by Gasteiger charge is 2.30. The summed E-state index contributed by atoms with van der Waals surface area (Å²) in [7, 11) is 0.